The molecule has 1 aromatic rings. The third-order valence-corrected chi connectivity index (χ3v) is 5.18. The Morgan fingerprint density at radius 1 is 1.05 bits per heavy atom. The summed E-state index contributed by atoms with van der Waals surface area (Å²) in [5.74, 6) is 1.38. The monoisotopic (exact) mass is 291 g/mol. The van der Waals surface area contributed by atoms with Crippen LogP contribution in [0.1, 0.15) is 19.3 Å². The zero-order chi connectivity index (χ0) is 14.7. The summed E-state index contributed by atoms with van der Waals surface area (Å²) < 4.78 is 13.8. The summed E-state index contributed by atoms with van der Waals surface area (Å²) >= 11 is 0. The third kappa shape index (κ3) is 3.38. The summed E-state index contributed by atoms with van der Waals surface area (Å²) in [6.45, 7) is 5.90. The summed E-state index contributed by atoms with van der Waals surface area (Å²) in [6, 6.07) is 7.09. The molecule has 0 radical (unpaired) electrons. The van der Waals surface area contributed by atoms with Crippen molar-refractivity contribution < 1.29 is 4.39 Å². The van der Waals surface area contributed by atoms with Crippen LogP contribution in [0.4, 0.5) is 10.1 Å². The SMILES string of the molecule is NCC1CCCC1CN1CCN(c2ccccc2F)CC1. The highest BCUT2D eigenvalue weighted by Crippen LogP contribution is 2.32. The van der Waals surface area contributed by atoms with E-state index in [1.807, 2.05) is 12.1 Å². The molecule has 1 aromatic carbocycles. The van der Waals surface area contributed by atoms with Crippen molar-refractivity contribution in [3.63, 3.8) is 0 Å². The van der Waals surface area contributed by atoms with Gasteiger partial charge in [-0.05, 0) is 43.4 Å². The van der Waals surface area contributed by atoms with Gasteiger partial charge < -0.3 is 10.6 Å². The highest BCUT2D eigenvalue weighted by molar-refractivity contribution is 5.47. The van der Waals surface area contributed by atoms with Crippen molar-refractivity contribution in [3.05, 3.63) is 30.1 Å². The van der Waals surface area contributed by atoms with Crippen molar-refractivity contribution in [2.45, 2.75) is 19.3 Å². The standard InChI is InChI=1S/C17H26FN3/c18-16-6-1-2-7-17(16)21-10-8-20(9-11-21)13-15-5-3-4-14(15)12-19/h1-2,6-7,14-15H,3-5,8-13,19H2. The molecule has 4 heteroatoms. The van der Waals surface area contributed by atoms with Gasteiger partial charge in [0, 0.05) is 32.7 Å². The highest BCUT2D eigenvalue weighted by atomic mass is 19.1. The normalized spacial score (nSPS) is 27.2. The Morgan fingerprint density at radius 3 is 2.48 bits per heavy atom. The molecule has 2 fully saturated rings. The van der Waals surface area contributed by atoms with Gasteiger partial charge in [-0.1, -0.05) is 18.6 Å². The predicted molar refractivity (Wildman–Crippen MR) is 84.9 cm³/mol. The molecule has 0 bridgehead atoms. The van der Waals surface area contributed by atoms with Crippen molar-refractivity contribution in [1.82, 2.24) is 4.90 Å². The number of rotatable bonds is 4. The van der Waals surface area contributed by atoms with Crippen LogP contribution in [0.15, 0.2) is 24.3 Å². The average Bonchev–Trinajstić information content (AvgIpc) is 2.96. The molecule has 1 heterocycles. The second-order valence-corrected chi connectivity index (χ2v) is 6.43. The van der Waals surface area contributed by atoms with Gasteiger partial charge >= 0.3 is 0 Å². The summed E-state index contributed by atoms with van der Waals surface area (Å²) in [7, 11) is 0. The molecule has 2 N–H and O–H groups in total. The maximum Gasteiger partial charge on any atom is 0.146 e. The number of hydrogen-bond acceptors (Lipinski definition) is 3. The Morgan fingerprint density at radius 2 is 1.76 bits per heavy atom. The minimum atomic E-state index is -0.107. The Bertz CT molecular complexity index is 457. The van der Waals surface area contributed by atoms with E-state index < -0.39 is 0 Å². The minimum Gasteiger partial charge on any atom is -0.367 e. The lowest BCUT2D eigenvalue weighted by Gasteiger charge is -2.38. The van der Waals surface area contributed by atoms with Gasteiger partial charge in [-0.2, -0.15) is 0 Å². The first-order chi connectivity index (χ1) is 10.3. The van der Waals surface area contributed by atoms with E-state index in [0.29, 0.717) is 0 Å². The fourth-order valence-corrected chi connectivity index (χ4v) is 3.88. The lowest BCUT2D eigenvalue weighted by Crippen LogP contribution is -2.48. The number of halogens is 1. The molecule has 0 aromatic heterocycles. The zero-order valence-corrected chi connectivity index (χ0v) is 12.7. The van der Waals surface area contributed by atoms with Crippen molar-refractivity contribution in [1.29, 1.82) is 0 Å². The Kier molecular flexibility index (Phi) is 4.76. The van der Waals surface area contributed by atoms with Crippen LogP contribution in [0, 0.1) is 17.7 Å². The molecule has 0 spiro atoms. The average molecular weight is 291 g/mol. The molecule has 2 atom stereocenters. The van der Waals surface area contributed by atoms with Crippen LogP contribution in [-0.2, 0) is 0 Å². The van der Waals surface area contributed by atoms with E-state index in [-0.39, 0.29) is 5.82 Å². The molecule has 1 saturated heterocycles. The summed E-state index contributed by atoms with van der Waals surface area (Å²) in [5, 5.41) is 0. The largest absolute Gasteiger partial charge is 0.367 e. The quantitative estimate of drug-likeness (QED) is 0.924. The summed E-state index contributed by atoms with van der Waals surface area (Å²) in [4.78, 5) is 4.71. The van der Waals surface area contributed by atoms with Gasteiger partial charge in [0.25, 0.3) is 0 Å². The van der Waals surface area contributed by atoms with Gasteiger partial charge in [-0.25, -0.2) is 4.39 Å². The van der Waals surface area contributed by atoms with Crippen LogP contribution >= 0.6 is 0 Å². The van der Waals surface area contributed by atoms with Crippen LogP contribution in [0.3, 0.4) is 0 Å². The van der Waals surface area contributed by atoms with Gasteiger partial charge in [0.2, 0.25) is 0 Å². The van der Waals surface area contributed by atoms with E-state index in [1.54, 1.807) is 12.1 Å². The summed E-state index contributed by atoms with van der Waals surface area (Å²) in [6.07, 6.45) is 3.97. The van der Waals surface area contributed by atoms with E-state index in [1.165, 1.54) is 25.8 Å². The van der Waals surface area contributed by atoms with Crippen LogP contribution in [0.2, 0.25) is 0 Å². The van der Waals surface area contributed by atoms with Gasteiger partial charge in [-0.3, -0.25) is 4.90 Å². The van der Waals surface area contributed by atoms with Crippen LogP contribution in [0.5, 0.6) is 0 Å². The molecule has 21 heavy (non-hydrogen) atoms. The van der Waals surface area contributed by atoms with Gasteiger partial charge in [0.05, 0.1) is 5.69 Å². The number of benzene rings is 1. The van der Waals surface area contributed by atoms with E-state index in [9.17, 15) is 4.39 Å². The van der Waals surface area contributed by atoms with Gasteiger partial charge in [-0.15, -0.1) is 0 Å². The topological polar surface area (TPSA) is 32.5 Å². The first-order valence-corrected chi connectivity index (χ1v) is 8.20. The molecule has 1 aliphatic heterocycles. The lowest BCUT2D eigenvalue weighted by molar-refractivity contribution is 0.197. The van der Waals surface area contributed by atoms with Crippen LogP contribution < -0.4 is 10.6 Å². The predicted octanol–water partition coefficient (Wildman–Crippen LogP) is 2.32. The fourth-order valence-electron chi connectivity index (χ4n) is 3.88. The molecule has 2 unspecified atom stereocenters. The Labute approximate surface area is 126 Å². The highest BCUT2D eigenvalue weighted by Gasteiger charge is 2.29. The van der Waals surface area contributed by atoms with Crippen molar-refractivity contribution in [2.24, 2.45) is 17.6 Å². The van der Waals surface area contributed by atoms with E-state index in [2.05, 4.69) is 9.80 Å². The number of anilines is 1. The smallest absolute Gasteiger partial charge is 0.146 e. The number of hydrogen-bond donors (Lipinski definition) is 1. The van der Waals surface area contributed by atoms with E-state index in [4.69, 9.17) is 5.73 Å². The first kappa shape index (κ1) is 14.8. The molecule has 0 amide bonds. The number of nitrogens with zero attached hydrogens (tertiary/aromatic N) is 2. The minimum absolute atomic E-state index is 0.107. The lowest BCUT2D eigenvalue weighted by atomic mass is 9.95. The molecule has 116 valence electrons. The summed E-state index contributed by atoms with van der Waals surface area (Å²) in [5.41, 5.74) is 6.62. The fraction of sp³-hybridized carbons (Fsp3) is 0.647. The molecule has 2 aliphatic rings. The maximum atomic E-state index is 13.8. The Balaban J connectivity index is 1.52. The van der Waals surface area contributed by atoms with E-state index in [0.717, 1.165) is 50.2 Å². The third-order valence-electron chi connectivity index (χ3n) is 5.18. The second-order valence-electron chi connectivity index (χ2n) is 6.43. The molecule has 1 saturated carbocycles. The number of piperazine rings is 1. The van der Waals surface area contributed by atoms with Crippen molar-refractivity contribution in [2.75, 3.05) is 44.2 Å². The number of nitrogens with two attached hydrogens (primary N) is 1. The van der Waals surface area contributed by atoms with Crippen LogP contribution in [-0.4, -0.2) is 44.2 Å². The van der Waals surface area contributed by atoms with Crippen molar-refractivity contribution >= 4 is 5.69 Å². The molecule has 1 aliphatic carbocycles. The molecular formula is C17H26FN3. The maximum absolute atomic E-state index is 13.8. The molecular weight excluding hydrogens is 265 g/mol. The number of para-hydroxylation sites is 1. The van der Waals surface area contributed by atoms with Gasteiger partial charge in [0.15, 0.2) is 0 Å². The second kappa shape index (κ2) is 6.75. The van der Waals surface area contributed by atoms with Gasteiger partial charge in [0.1, 0.15) is 5.82 Å². The molecule has 3 nitrogen and oxygen atoms in total. The van der Waals surface area contributed by atoms with E-state index >= 15 is 0 Å². The first-order valence-electron chi connectivity index (χ1n) is 8.20. The van der Waals surface area contributed by atoms with Crippen molar-refractivity contribution in [3.8, 4) is 0 Å². The molecule has 3 rings (SSSR count). The Hall–Kier alpha value is -1.13. The van der Waals surface area contributed by atoms with Crippen LogP contribution in [0.25, 0.3) is 0 Å². The zero-order valence-electron chi connectivity index (χ0n) is 12.7.